The van der Waals surface area contributed by atoms with E-state index in [1.807, 2.05) is 38.1 Å². The first-order chi connectivity index (χ1) is 14.1. The third kappa shape index (κ3) is 3.20. The van der Waals surface area contributed by atoms with Crippen LogP contribution in [0.5, 0.6) is 11.5 Å². The number of nitriles is 3. The largest absolute Gasteiger partial charge is 0.494 e. The fraction of sp³-hybridized carbons (Fsp3) is 0.435. The second-order valence-electron chi connectivity index (χ2n) is 7.17. The molecule has 0 aliphatic heterocycles. The average molecular weight is 388 g/mol. The minimum Gasteiger partial charge on any atom is -0.494 e. The molecule has 0 unspecified atom stereocenters. The van der Waals surface area contributed by atoms with Gasteiger partial charge in [-0.1, -0.05) is 6.08 Å². The molecule has 148 valence electrons. The molecule has 0 heterocycles. The molecule has 0 spiro atoms. The zero-order valence-corrected chi connectivity index (χ0v) is 16.7. The molecule has 0 bridgehead atoms. The third-order valence-corrected chi connectivity index (χ3v) is 5.73. The van der Waals surface area contributed by atoms with Gasteiger partial charge in [-0.3, -0.25) is 0 Å². The predicted octanol–water partition coefficient (Wildman–Crippen LogP) is 4.08. The molecule has 2 atom stereocenters. The Morgan fingerprint density at radius 2 is 1.86 bits per heavy atom. The summed E-state index contributed by atoms with van der Waals surface area (Å²) >= 11 is 0. The number of rotatable bonds is 5. The van der Waals surface area contributed by atoms with Gasteiger partial charge in [0, 0.05) is 11.5 Å². The Balaban J connectivity index is 2.33. The molecule has 0 saturated carbocycles. The van der Waals surface area contributed by atoms with Gasteiger partial charge in [0.15, 0.2) is 5.41 Å². The van der Waals surface area contributed by atoms with Crippen molar-refractivity contribution in [1.82, 2.24) is 0 Å². The van der Waals surface area contributed by atoms with Crippen LogP contribution in [-0.2, 0) is 0 Å². The van der Waals surface area contributed by atoms with E-state index in [9.17, 15) is 15.8 Å². The number of hydrogen-bond acceptors (Lipinski definition) is 6. The summed E-state index contributed by atoms with van der Waals surface area (Å²) in [5.41, 5.74) is 6.56. The van der Waals surface area contributed by atoms with Crippen molar-refractivity contribution >= 4 is 0 Å². The summed E-state index contributed by atoms with van der Waals surface area (Å²) in [6.45, 7) is 4.72. The molecule has 0 amide bonds. The van der Waals surface area contributed by atoms with E-state index in [1.54, 1.807) is 0 Å². The highest BCUT2D eigenvalue weighted by atomic mass is 16.5. The first kappa shape index (κ1) is 20.3. The van der Waals surface area contributed by atoms with E-state index < -0.39 is 11.3 Å². The van der Waals surface area contributed by atoms with Crippen LogP contribution in [0.15, 0.2) is 41.1 Å². The Labute approximate surface area is 171 Å². The average Bonchev–Trinajstić information content (AvgIpc) is 2.74. The molecule has 0 aromatic heterocycles. The molecule has 0 fully saturated rings. The minimum atomic E-state index is -1.65. The molecular weight excluding hydrogens is 364 g/mol. The molecule has 6 heteroatoms. The lowest BCUT2D eigenvalue weighted by molar-refractivity contribution is 0.288. The van der Waals surface area contributed by atoms with Crippen molar-refractivity contribution in [3.8, 4) is 29.7 Å². The van der Waals surface area contributed by atoms with Crippen molar-refractivity contribution in [2.75, 3.05) is 13.2 Å². The summed E-state index contributed by atoms with van der Waals surface area (Å²) in [6, 6.07) is 12.0. The number of allylic oxidation sites excluding steroid dienone is 4. The molecule has 3 rings (SSSR count). The first-order valence-corrected chi connectivity index (χ1v) is 9.90. The fourth-order valence-electron chi connectivity index (χ4n) is 4.53. The summed E-state index contributed by atoms with van der Waals surface area (Å²) < 4.78 is 11.5. The van der Waals surface area contributed by atoms with Crippen LogP contribution in [0.25, 0.3) is 0 Å². The van der Waals surface area contributed by atoms with Crippen LogP contribution >= 0.6 is 0 Å². The highest BCUT2D eigenvalue weighted by Gasteiger charge is 2.54. The third-order valence-electron chi connectivity index (χ3n) is 5.73. The maximum atomic E-state index is 10.2. The molecule has 0 saturated heterocycles. The van der Waals surface area contributed by atoms with Crippen molar-refractivity contribution in [3.05, 3.63) is 46.7 Å². The lowest BCUT2D eigenvalue weighted by Crippen LogP contribution is -2.42. The lowest BCUT2D eigenvalue weighted by atomic mass is 9.56. The molecule has 1 aromatic carbocycles. The first-order valence-electron chi connectivity index (χ1n) is 9.90. The molecule has 6 nitrogen and oxygen atoms in total. The van der Waals surface area contributed by atoms with Gasteiger partial charge in [-0.25, -0.2) is 0 Å². The van der Waals surface area contributed by atoms with Crippen molar-refractivity contribution in [3.63, 3.8) is 0 Å². The van der Waals surface area contributed by atoms with Gasteiger partial charge in [0.25, 0.3) is 0 Å². The van der Waals surface area contributed by atoms with Crippen LogP contribution < -0.4 is 15.2 Å². The van der Waals surface area contributed by atoms with Crippen molar-refractivity contribution < 1.29 is 9.47 Å². The Bertz CT molecular complexity index is 974. The van der Waals surface area contributed by atoms with E-state index in [4.69, 9.17) is 15.2 Å². The van der Waals surface area contributed by atoms with Gasteiger partial charge < -0.3 is 15.2 Å². The molecule has 2 aliphatic carbocycles. The van der Waals surface area contributed by atoms with E-state index in [0.717, 1.165) is 30.4 Å². The van der Waals surface area contributed by atoms with Gasteiger partial charge in [0.2, 0.25) is 0 Å². The van der Waals surface area contributed by atoms with Gasteiger partial charge in [-0.15, -0.1) is 0 Å². The number of nitrogens with two attached hydrogens (primary N) is 1. The zero-order chi connectivity index (χ0) is 21.0. The van der Waals surface area contributed by atoms with Gasteiger partial charge in [-0.05, 0) is 62.8 Å². The topological polar surface area (TPSA) is 116 Å². The molecular formula is C23H24N4O2. The Hall–Kier alpha value is -3.43. The highest BCUT2D eigenvalue weighted by Crippen LogP contribution is 2.57. The van der Waals surface area contributed by atoms with E-state index >= 15 is 0 Å². The van der Waals surface area contributed by atoms with E-state index in [-0.39, 0.29) is 17.2 Å². The monoisotopic (exact) mass is 388 g/mol. The van der Waals surface area contributed by atoms with Crippen LogP contribution in [0.4, 0.5) is 0 Å². The predicted molar refractivity (Wildman–Crippen MR) is 107 cm³/mol. The second-order valence-corrected chi connectivity index (χ2v) is 7.17. The molecule has 29 heavy (non-hydrogen) atoms. The summed E-state index contributed by atoms with van der Waals surface area (Å²) in [5, 5.41) is 30.0. The van der Waals surface area contributed by atoms with Crippen LogP contribution in [0.2, 0.25) is 0 Å². The zero-order valence-electron chi connectivity index (χ0n) is 16.7. The fourth-order valence-corrected chi connectivity index (χ4v) is 4.53. The number of nitrogens with zero attached hydrogens (tertiary/aromatic N) is 3. The maximum Gasteiger partial charge on any atom is 0.191 e. The van der Waals surface area contributed by atoms with Gasteiger partial charge in [0.1, 0.15) is 17.6 Å². The smallest absolute Gasteiger partial charge is 0.191 e. The van der Waals surface area contributed by atoms with E-state index in [0.29, 0.717) is 24.7 Å². The normalized spacial score (nSPS) is 22.4. The number of benzene rings is 1. The Morgan fingerprint density at radius 3 is 2.48 bits per heavy atom. The molecule has 2 N–H and O–H groups in total. The minimum absolute atomic E-state index is 0.0312. The lowest BCUT2D eigenvalue weighted by Gasteiger charge is -2.43. The standard InChI is InChI=1S/C23H24N4O2/c1-3-28-15-9-10-20(29-4-2)18(11-15)21-17-8-6-5-7-16(17)19(12-24)22(27)23(21,13-25)14-26/h7,9-11,17,21H,3-6,8,27H2,1-2H3/t17-,21-/m0/s1. The van der Waals surface area contributed by atoms with E-state index in [2.05, 4.69) is 18.2 Å². The van der Waals surface area contributed by atoms with Crippen molar-refractivity contribution in [2.45, 2.75) is 39.0 Å². The summed E-state index contributed by atoms with van der Waals surface area (Å²) in [7, 11) is 0. The van der Waals surface area contributed by atoms with Crippen LogP contribution in [0, 0.1) is 45.3 Å². The van der Waals surface area contributed by atoms with E-state index in [1.165, 1.54) is 0 Å². The maximum absolute atomic E-state index is 10.2. The van der Waals surface area contributed by atoms with Crippen molar-refractivity contribution in [1.29, 1.82) is 15.8 Å². The van der Waals surface area contributed by atoms with Crippen LogP contribution in [0.3, 0.4) is 0 Å². The Morgan fingerprint density at radius 1 is 1.14 bits per heavy atom. The number of ether oxygens (including phenoxy) is 2. The Kier molecular flexibility index (Phi) is 5.81. The van der Waals surface area contributed by atoms with Crippen LogP contribution in [0.1, 0.15) is 44.6 Å². The van der Waals surface area contributed by atoms with Gasteiger partial charge in [0.05, 0.1) is 36.6 Å². The summed E-state index contributed by atoms with van der Waals surface area (Å²) in [6.07, 6.45) is 4.56. The number of fused-ring (bicyclic) bond motifs is 1. The van der Waals surface area contributed by atoms with Gasteiger partial charge >= 0.3 is 0 Å². The quantitative estimate of drug-likeness (QED) is 0.812. The SMILES string of the molecule is CCOc1ccc(OCC)c([C@@H]2[C@H]3CCCC=C3C(C#N)=C(N)C2(C#N)C#N)c1. The number of hydrogen-bond donors (Lipinski definition) is 1. The van der Waals surface area contributed by atoms with Crippen LogP contribution in [-0.4, -0.2) is 13.2 Å². The van der Waals surface area contributed by atoms with Crippen molar-refractivity contribution in [2.24, 2.45) is 17.1 Å². The van der Waals surface area contributed by atoms with Gasteiger partial charge in [-0.2, -0.15) is 15.8 Å². The second kappa shape index (κ2) is 8.29. The summed E-state index contributed by atoms with van der Waals surface area (Å²) in [4.78, 5) is 0. The molecule has 2 aliphatic rings. The highest BCUT2D eigenvalue weighted by molar-refractivity contribution is 5.61. The molecule has 0 radical (unpaired) electrons. The summed E-state index contributed by atoms with van der Waals surface area (Å²) in [5.74, 6) is 0.531. The molecule has 1 aromatic rings.